The zero-order chi connectivity index (χ0) is 11.0. The second kappa shape index (κ2) is 3.59. The van der Waals surface area contributed by atoms with Crippen LogP contribution in [0.15, 0.2) is 23.8 Å². The normalized spacial score (nSPS) is 14.5. The monoisotopic (exact) mass is 224 g/mol. The van der Waals surface area contributed by atoms with Gasteiger partial charge in [-0.05, 0) is 30.7 Å². The van der Waals surface area contributed by atoms with Crippen molar-refractivity contribution in [1.29, 1.82) is 0 Å². The summed E-state index contributed by atoms with van der Waals surface area (Å²) < 4.78 is 5.33. The van der Waals surface area contributed by atoms with E-state index in [9.17, 15) is 4.79 Å². The van der Waals surface area contributed by atoms with Crippen molar-refractivity contribution >= 4 is 23.1 Å². The Hall–Kier alpha value is -1.48. The minimum atomic E-state index is -0.946. The highest BCUT2D eigenvalue weighted by molar-refractivity contribution is 6.30. The summed E-state index contributed by atoms with van der Waals surface area (Å²) >= 11 is 5.84. The maximum atomic E-state index is 10.9. The maximum absolute atomic E-state index is 10.9. The highest BCUT2D eigenvalue weighted by Crippen LogP contribution is 2.34. The molecule has 1 aliphatic rings. The number of carboxylic acid groups (broad SMARTS) is 1. The van der Waals surface area contributed by atoms with E-state index in [1.165, 1.54) is 0 Å². The number of hydrogen-bond acceptors (Lipinski definition) is 2. The third-order valence-corrected chi connectivity index (χ3v) is 2.66. The van der Waals surface area contributed by atoms with Crippen LogP contribution in [0.5, 0.6) is 5.75 Å². The van der Waals surface area contributed by atoms with Crippen molar-refractivity contribution in [3.05, 3.63) is 34.4 Å². The van der Waals surface area contributed by atoms with E-state index in [1.54, 1.807) is 25.1 Å². The zero-order valence-corrected chi connectivity index (χ0v) is 8.84. The molecular weight excluding hydrogens is 216 g/mol. The molecule has 0 atom stereocenters. The number of halogens is 1. The molecule has 0 amide bonds. The third kappa shape index (κ3) is 1.70. The lowest BCUT2D eigenvalue weighted by Gasteiger charge is -2.20. The van der Waals surface area contributed by atoms with E-state index in [2.05, 4.69) is 0 Å². The third-order valence-electron chi connectivity index (χ3n) is 2.43. The van der Waals surface area contributed by atoms with Crippen LogP contribution in [0.4, 0.5) is 0 Å². The van der Waals surface area contributed by atoms with Gasteiger partial charge >= 0.3 is 5.97 Å². The number of carbonyl (C=O) groups is 1. The highest BCUT2D eigenvalue weighted by Gasteiger charge is 2.21. The topological polar surface area (TPSA) is 46.5 Å². The quantitative estimate of drug-likeness (QED) is 0.798. The average molecular weight is 225 g/mol. The standard InChI is InChI=1S/C11H9ClO3/c1-6-8-4-7(12)2-3-10(8)15-5-9(6)11(13)14/h2-4H,5H2,1H3,(H,13,14). The fraction of sp³-hybridized carbons (Fsp3) is 0.182. The van der Waals surface area contributed by atoms with Crippen LogP contribution in [0.1, 0.15) is 12.5 Å². The molecule has 1 heterocycles. The Bertz CT molecular complexity index is 463. The molecule has 0 saturated heterocycles. The van der Waals surface area contributed by atoms with Crippen LogP contribution in [0.25, 0.3) is 5.57 Å². The largest absolute Gasteiger partial charge is 0.488 e. The fourth-order valence-electron chi connectivity index (χ4n) is 1.56. The minimum absolute atomic E-state index is 0.107. The summed E-state index contributed by atoms with van der Waals surface area (Å²) in [5.74, 6) is -0.264. The minimum Gasteiger partial charge on any atom is -0.488 e. The number of allylic oxidation sites excluding steroid dienone is 1. The summed E-state index contributed by atoms with van der Waals surface area (Å²) in [6.07, 6.45) is 0. The molecule has 0 aromatic heterocycles. The lowest BCUT2D eigenvalue weighted by atomic mass is 9.99. The Morgan fingerprint density at radius 2 is 2.27 bits per heavy atom. The summed E-state index contributed by atoms with van der Waals surface area (Å²) in [7, 11) is 0. The molecule has 0 bridgehead atoms. The lowest BCUT2D eigenvalue weighted by Crippen LogP contribution is -2.16. The lowest BCUT2D eigenvalue weighted by molar-refractivity contribution is -0.133. The van der Waals surface area contributed by atoms with Crippen LogP contribution in [0.3, 0.4) is 0 Å². The number of aliphatic carboxylic acids is 1. The summed E-state index contributed by atoms with van der Waals surface area (Å²) in [6, 6.07) is 5.19. The van der Waals surface area contributed by atoms with Crippen LogP contribution in [0, 0.1) is 0 Å². The molecule has 78 valence electrons. The van der Waals surface area contributed by atoms with Gasteiger partial charge in [-0.15, -0.1) is 0 Å². The van der Waals surface area contributed by atoms with Crippen LogP contribution < -0.4 is 4.74 Å². The molecular formula is C11H9ClO3. The van der Waals surface area contributed by atoms with Gasteiger partial charge in [0.15, 0.2) is 0 Å². The molecule has 1 aromatic rings. The molecule has 0 saturated carbocycles. The first-order valence-corrected chi connectivity index (χ1v) is 4.83. The molecule has 0 fully saturated rings. The summed E-state index contributed by atoms with van der Waals surface area (Å²) in [5.41, 5.74) is 1.75. The Morgan fingerprint density at radius 3 is 2.93 bits per heavy atom. The van der Waals surface area contributed by atoms with Crippen LogP contribution in [0.2, 0.25) is 5.02 Å². The Labute approximate surface area is 91.9 Å². The molecule has 3 nitrogen and oxygen atoms in total. The number of fused-ring (bicyclic) bond motifs is 1. The summed E-state index contributed by atoms with van der Waals surface area (Å²) in [5, 5.41) is 9.51. The van der Waals surface area contributed by atoms with Gasteiger partial charge in [0.1, 0.15) is 12.4 Å². The van der Waals surface area contributed by atoms with Crippen molar-refractivity contribution in [2.45, 2.75) is 6.92 Å². The molecule has 1 aromatic carbocycles. The average Bonchev–Trinajstić information content (AvgIpc) is 2.19. The molecule has 15 heavy (non-hydrogen) atoms. The summed E-state index contributed by atoms with van der Waals surface area (Å²) in [6.45, 7) is 1.87. The first kappa shape index (κ1) is 10.1. The smallest absolute Gasteiger partial charge is 0.335 e. The van der Waals surface area contributed by atoms with Gasteiger partial charge in [-0.1, -0.05) is 11.6 Å². The molecule has 0 radical (unpaired) electrons. The van der Waals surface area contributed by atoms with Crippen molar-refractivity contribution in [1.82, 2.24) is 0 Å². The van der Waals surface area contributed by atoms with Crippen molar-refractivity contribution in [3.63, 3.8) is 0 Å². The van der Waals surface area contributed by atoms with E-state index in [-0.39, 0.29) is 12.2 Å². The van der Waals surface area contributed by atoms with Crippen LogP contribution >= 0.6 is 11.6 Å². The number of carboxylic acids is 1. The van der Waals surface area contributed by atoms with E-state index in [1.807, 2.05) is 0 Å². The van der Waals surface area contributed by atoms with Crippen molar-refractivity contribution < 1.29 is 14.6 Å². The molecule has 2 rings (SSSR count). The van der Waals surface area contributed by atoms with E-state index in [0.29, 0.717) is 16.3 Å². The van der Waals surface area contributed by atoms with E-state index >= 15 is 0 Å². The van der Waals surface area contributed by atoms with E-state index < -0.39 is 5.97 Å². The van der Waals surface area contributed by atoms with Gasteiger partial charge in [0.25, 0.3) is 0 Å². The zero-order valence-electron chi connectivity index (χ0n) is 8.08. The van der Waals surface area contributed by atoms with Gasteiger partial charge in [-0.2, -0.15) is 0 Å². The van der Waals surface area contributed by atoms with Gasteiger partial charge in [0.2, 0.25) is 0 Å². The molecule has 1 N–H and O–H groups in total. The summed E-state index contributed by atoms with van der Waals surface area (Å²) in [4.78, 5) is 10.9. The second-order valence-electron chi connectivity index (χ2n) is 3.34. The molecule has 0 unspecified atom stereocenters. The predicted octanol–water partition coefficient (Wildman–Crippen LogP) is 2.59. The fourth-order valence-corrected chi connectivity index (χ4v) is 1.74. The Balaban J connectivity index is 2.59. The highest BCUT2D eigenvalue weighted by atomic mass is 35.5. The first-order valence-electron chi connectivity index (χ1n) is 4.45. The Kier molecular flexibility index (Phi) is 2.40. The van der Waals surface area contributed by atoms with E-state index in [0.717, 1.165) is 5.56 Å². The van der Waals surface area contributed by atoms with Crippen molar-refractivity contribution in [3.8, 4) is 5.75 Å². The van der Waals surface area contributed by atoms with Crippen LogP contribution in [-0.2, 0) is 4.79 Å². The van der Waals surface area contributed by atoms with Gasteiger partial charge in [0, 0.05) is 10.6 Å². The molecule has 0 aliphatic carbocycles. The molecule has 1 aliphatic heterocycles. The second-order valence-corrected chi connectivity index (χ2v) is 3.77. The van der Waals surface area contributed by atoms with Crippen LogP contribution in [-0.4, -0.2) is 17.7 Å². The first-order chi connectivity index (χ1) is 7.09. The van der Waals surface area contributed by atoms with Crippen molar-refractivity contribution in [2.75, 3.05) is 6.61 Å². The van der Waals surface area contributed by atoms with Gasteiger partial charge < -0.3 is 9.84 Å². The number of rotatable bonds is 1. The number of benzene rings is 1. The number of hydrogen-bond donors (Lipinski definition) is 1. The van der Waals surface area contributed by atoms with Gasteiger partial charge in [0.05, 0.1) is 5.57 Å². The predicted molar refractivity (Wildman–Crippen MR) is 57.2 cm³/mol. The van der Waals surface area contributed by atoms with Crippen molar-refractivity contribution in [2.24, 2.45) is 0 Å². The molecule has 0 spiro atoms. The maximum Gasteiger partial charge on any atom is 0.335 e. The number of ether oxygens (including phenoxy) is 1. The SMILES string of the molecule is CC1=C(C(=O)O)COc2ccc(Cl)cc21. The van der Waals surface area contributed by atoms with E-state index in [4.69, 9.17) is 21.4 Å². The van der Waals surface area contributed by atoms with Gasteiger partial charge in [-0.3, -0.25) is 0 Å². The molecule has 4 heteroatoms. The Morgan fingerprint density at radius 1 is 1.53 bits per heavy atom. The van der Waals surface area contributed by atoms with Gasteiger partial charge in [-0.25, -0.2) is 4.79 Å².